The third-order valence-electron chi connectivity index (χ3n) is 3.25. The Balaban J connectivity index is 2.40. The largest absolute Gasteiger partial charge is 0.350 e. The molecule has 19 heavy (non-hydrogen) atoms. The molecular weight excluding hydrogens is 304 g/mol. The summed E-state index contributed by atoms with van der Waals surface area (Å²) in [7, 11) is 0. The summed E-state index contributed by atoms with van der Waals surface area (Å²) < 4.78 is 1.03. The second-order valence-corrected chi connectivity index (χ2v) is 5.98. The molecule has 0 aliphatic rings. The highest BCUT2D eigenvalue weighted by Crippen LogP contribution is 2.18. The molecule has 3 nitrogen and oxygen atoms in total. The van der Waals surface area contributed by atoms with E-state index in [-0.39, 0.29) is 11.9 Å². The summed E-state index contributed by atoms with van der Waals surface area (Å²) in [6.45, 7) is 4.83. The van der Waals surface area contributed by atoms with E-state index in [1.165, 1.54) is 0 Å². The fraction of sp³-hybridized carbons (Fsp3) is 0.533. The van der Waals surface area contributed by atoms with Gasteiger partial charge >= 0.3 is 0 Å². The molecule has 0 spiro atoms. The maximum atomic E-state index is 11.9. The first-order valence-electron chi connectivity index (χ1n) is 6.77. The van der Waals surface area contributed by atoms with Gasteiger partial charge in [-0.1, -0.05) is 35.0 Å². The second-order valence-electron chi connectivity index (χ2n) is 5.07. The monoisotopic (exact) mass is 326 g/mol. The minimum absolute atomic E-state index is 0.0369. The smallest absolute Gasteiger partial charge is 0.220 e. The topological polar surface area (TPSA) is 55.1 Å². The molecule has 1 rings (SSSR count). The van der Waals surface area contributed by atoms with Crippen LogP contribution in [0.4, 0.5) is 0 Å². The molecule has 0 saturated carbocycles. The fourth-order valence-electron chi connectivity index (χ4n) is 1.98. The van der Waals surface area contributed by atoms with Crippen molar-refractivity contribution in [1.82, 2.24) is 5.32 Å². The van der Waals surface area contributed by atoms with Crippen LogP contribution in [0.3, 0.4) is 0 Å². The van der Waals surface area contributed by atoms with Crippen LogP contribution in [0.2, 0.25) is 0 Å². The molecular formula is C15H23BrN2O. The standard InChI is InChI=1S/C15H23BrN2O/c1-11(8-9-17)6-7-15(19)18-12(2)13-4-3-5-14(16)10-13/h3-5,10-12H,6-9,17H2,1-2H3,(H,18,19). The van der Waals surface area contributed by atoms with Crippen molar-refractivity contribution in [3.05, 3.63) is 34.3 Å². The Morgan fingerprint density at radius 2 is 2.11 bits per heavy atom. The van der Waals surface area contributed by atoms with E-state index in [4.69, 9.17) is 5.73 Å². The number of nitrogens with one attached hydrogen (secondary N) is 1. The van der Waals surface area contributed by atoms with E-state index in [1.54, 1.807) is 0 Å². The van der Waals surface area contributed by atoms with Crippen molar-refractivity contribution in [1.29, 1.82) is 0 Å². The van der Waals surface area contributed by atoms with Crippen molar-refractivity contribution in [2.24, 2.45) is 11.7 Å². The van der Waals surface area contributed by atoms with Crippen molar-refractivity contribution >= 4 is 21.8 Å². The van der Waals surface area contributed by atoms with Crippen LogP contribution in [-0.4, -0.2) is 12.5 Å². The minimum atomic E-state index is 0.0369. The summed E-state index contributed by atoms with van der Waals surface area (Å²) in [5.41, 5.74) is 6.61. The highest BCUT2D eigenvalue weighted by molar-refractivity contribution is 9.10. The molecule has 2 unspecified atom stereocenters. The van der Waals surface area contributed by atoms with Gasteiger partial charge in [0.05, 0.1) is 6.04 Å². The Kier molecular flexibility index (Phi) is 7.10. The quantitative estimate of drug-likeness (QED) is 0.806. The van der Waals surface area contributed by atoms with Gasteiger partial charge in [-0.25, -0.2) is 0 Å². The Morgan fingerprint density at radius 3 is 2.74 bits per heavy atom. The predicted octanol–water partition coefficient (Wildman–Crippen LogP) is 3.39. The van der Waals surface area contributed by atoms with Gasteiger partial charge in [0, 0.05) is 10.9 Å². The van der Waals surface area contributed by atoms with Gasteiger partial charge in [-0.15, -0.1) is 0 Å². The lowest BCUT2D eigenvalue weighted by Gasteiger charge is -2.16. The van der Waals surface area contributed by atoms with Crippen LogP contribution in [0.1, 0.15) is 44.7 Å². The van der Waals surface area contributed by atoms with Crippen LogP contribution >= 0.6 is 15.9 Å². The van der Waals surface area contributed by atoms with Crippen molar-refractivity contribution in [2.75, 3.05) is 6.54 Å². The third kappa shape index (κ3) is 6.21. The van der Waals surface area contributed by atoms with Crippen LogP contribution < -0.4 is 11.1 Å². The molecule has 3 N–H and O–H groups in total. The molecule has 4 heteroatoms. The zero-order valence-corrected chi connectivity index (χ0v) is 13.2. The maximum absolute atomic E-state index is 11.9. The summed E-state index contributed by atoms with van der Waals surface area (Å²) in [6, 6.07) is 8.04. The summed E-state index contributed by atoms with van der Waals surface area (Å²) in [4.78, 5) is 11.9. The Hall–Kier alpha value is -0.870. The van der Waals surface area contributed by atoms with Gasteiger partial charge in [-0.05, 0) is 49.9 Å². The van der Waals surface area contributed by atoms with Crippen LogP contribution in [0, 0.1) is 5.92 Å². The van der Waals surface area contributed by atoms with E-state index in [0.717, 1.165) is 22.9 Å². The van der Waals surface area contributed by atoms with Crippen LogP contribution in [0.15, 0.2) is 28.7 Å². The highest BCUT2D eigenvalue weighted by Gasteiger charge is 2.11. The lowest BCUT2D eigenvalue weighted by Crippen LogP contribution is -2.26. The Labute approximate surface area is 124 Å². The molecule has 1 aromatic carbocycles. The molecule has 106 valence electrons. The number of hydrogen-bond donors (Lipinski definition) is 2. The molecule has 2 atom stereocenters. The number of amides is 1. The maximum Gasteiger partial charge on any atom is 0.220 e. The normalized spacial score (nSPS) is 13.9. The van der Waals surface area contributed by atoms with E-state index >= 15 is 0 Å². The molecule has 1 aromatic rings. The first-order valence-corrected chi connectivity index (χ1v) is 7.57. The summed E-state index contributed by atoms with van der Waals surface area (Å²) in [5.74, 6) is 0.619. The molecule has 0 bridgehead atoms. The van der Waals surface area contributed by atoms with Gasteiger partial charge in [0.15, 0.2) is 0 Å². The summed E-state index contributed by atoms with van der Waals surface area (Å²) in [5, 5.41) is 3.03. The van der Waals surface area contributed by atoms with Gasteiger partial charge in [0.25, 0.3) is 0 Å². The molecule has 0 radical (unpaired) electrons. The first kappa shape index (κ1) is 16.2. The molecule has 1 amide bonds. The number of halogens is 1. The molecule has 0 aliphatic heterocycles. The van der Waals surface area contributed by atoms with Crippen molar-refractivity contribution in [3.63, 3.8) is 0 Å². The lowest BCUT2D eigenvalue weighted by atomic mass is 10.0. The number of rotatable bonds is 7. The summed E-state index contributed by atoms with van der Waals surface area (Å²) >= 11 is 3.44. The Morgan fingerprint density at radius 1 is 1.37 bits per heavy atom. The van der Waals surface area contributed by atoms with Gasteiger partial charge < -0.3 is 11.1 Å². The van der Waals surface area contributed by atoms with Gasteiger partial charge in [0.1, 0.15) is 0 Å². The molecule has 0 saturated heterocycles. The van der Waals surface area contributed by atoms with Crippen LogP contribution in [-0.2, 0) is 4.79 Å². The molecule has 0 aromatic heterocycles. The van der Waals surface area contributed by atoms with Crippen molar-refractivity contribution in [3.8, 4) is 0 Å². The SMILES string of the molecule is CC(CCN)CCC(=O)NC(C)c1cccc(Br)c1. The average Bonchev–Trinajstić information content (AvgIpc) is 2.36. The zero-order chi connectivity index (χ0) is 14.3. The number of nitrogens with two attached hydrogens (primary N) is 1. The minimum Gasteiger partial charge on any atom is -0.350 e. The number of carbonyl (C=O) groups is 1. The fourth-order valence-corrected chi connectivity index (χ4v) is 2.40. The van der Waals surface area contributed by atoms with E-state index < -0.39 is 0 Å². The van der Waals surface area contributed by atoms with Gasteiger partial charge in [-0.3, -0.25) is 4.79 Å². The molecule has 0 fully saturated rings. The molecule has 0 heterocycles. The number of hydrogen-bond acceptors (Lipinski definition) is 2. The zero-order valence-electron chi connectivity index (χ0n) is 11.7. The third-order valence-corrected chi connectivity index (χ3v) is 3.74. The average molecular weight is 327 g/mol. The first-order chi connectivity index (χ1) is 9.02. The van der Waals surface area contributed by atoms with E-state index in [9.17, 15) is 4.79 Å². The van der Waals surface area contributed by atoms with Crippen molar-refractivity contribution < 1.29 is 4.79 Å². The van der Waals surface area contributed by atoms with Gasteiger partial charge in [-0.2, -0.15) is 0 Å². The predicted molar refractivity (Wildman–Crippen MR) is 82.8 cm³/mol. The van der Waals surface area contributed by atoms with E-state index in [1.807, 2.05) is 31.2 Å². The number of carbonyl (C=O) groups excluding carboxylic acids is 1. The van der Waals surface area contributed by atoms with E-state index in [0.29, 0.717) is 18.9 Å². The van der Waals surface area contributed by atoms with Crippen molar-refractivity contribution in [2.45, 2.75) is 39.2 Å². The van der Waals surface area contributed by atoms with Crippen LogP contribution in [0.5, 0.6) is 0 Å². The second kappa shape index (κ2) is 8.33. The molecule has 0 aliphatic carbocycles. The Bertz CT molecular complexity index is 409. The van der Waals surface area contributed by atoms with Crippen LogP contribution in [0.25, 0.3) is 0 Å². The van der Waals surface area contributed by atoms with Gasteiger partial charge in [0.2, 0.25) is 5.91 Å². The highest BCUT2D eigenvalue weighted by atomic mass is 79.9. The van der Waals surface area contributed by atoms with E-state index in [2.05, 4.69) is 28.2 Å². The number of benzene rings is 1. The lowest BCUT2D eigenvalue weighted by molar-refractivity contribution is -0.122. The summed E-state index contributed by atoms with van der Waals surface area (Å²) in [6.07, 6.45) is 2.45.